The number of carbonyl (C=O) groups excluding carboxylic acids is 1. The van der Waals surface area contributed by atoms with Crippen LogP contribution in [-0.2, 0) is 21.1 Å². The lowest BCUT2D eigenvalue weighted by Gasteiger charge is -2.16. The molecule has 1 saturated heterocycles. The highest BCUT2D eigenvalue weighted by Crippen LogP contribution is 2.21. The third-order valence-corrected chi connectivity index (χ3v) is 6.22. The molecule has 1 amide bonds. The molecule has 23 heavy (non-hydrogen) atoms. The van der Waals surface area contributed by atoms with E-state index in [1.54, 1.807) is 19.1 Å². The summed E-state index contributed by atoms with van der Waals surface area (Å²) in [7, 11) is -3.11. The van der Waals surface area contributed by atoms with E-state index in [0.717, 1.165) is 0 Å². The van der Waals surface area contributed by atoms with E-state index in [0.29, 0.717) is 18.4 Å². The number of benzene rings is 1. The Bertz CT molecular complexity index is 663. The Hall–Kier alpha value is -1.70. The lowest BCUT2D eigenvalue weighted by atomic mass is 10.1. The predicted molar refractivity (Wildman–Crippen MR) is 81.2 cm³/mol. The summed E-state index contributed by atoms with van der Waals surface area (Å²) >= 11 is 0. The second kappa shape index (κ2) is 7.25. The molecule has 2 atom stereocenters. The summed E-state index contributed by atoms with van der Waals surface area (Å²) in [6, 6.07) is 5.81. The van der Waals surface area contributed by atoms with Crippen LogP contribution in [0.3, 0.4) is 0 Å². The molecule has 8 heteroatoms. The molecule has 0 bridgehead atoms. The molecule has 0 radical (unpaired) electrons. The first-order valence-corrected chi connectivity index (χ1v) is 9.04. The summed E-state index contributed by atoms with van der Waals surface area (Å²) in [6.45, 7) is -1.29. The molecule has 1 aliphatic heterocycles. The van der Waals surface area contributed by atoms with Crippen LogP contribution in [0.5, 0.6) is 5.75 Å². The smallest absolute Gasteiger partial charge is 0.387 e. The molecule has 1 fully saturated rings. The molecule has 0 aliphatic carbocycles. The maximum atomic E-state index is 12.2. The van der Waals surface area contributed by atoms with Crippen molar-refractivity contribution in [2.45, 2.75) is 44.1 Å². The summed E-state index contributed by atoms with van der Waals surface area (Å²) in [5.74, 6) is -0.112. The molecule has 1 aliphatic rings. The Balaban J connectivity index is 1.85. The molecule has 5 nitrogen and oxygen atoms in total. The fourth-order valence-electron chi connectivity index (χ4n) is 2.57. The number of hydrogen-bond donors (Lipinski definition) is 1. The minimum absolute atomic E-state index is 0.0495. The van der Waals surface area contributed by atoms with Gasteiger partial charge in [-0.05, 0) is 37.5 Å². The molecular formula is C15H19F2NO4S. The van der Waals surface area contributed by atoms with Gasteiger partial charge in [-0.15, -0.1) is 0 Å². The van der Waals surface area contributed by atoms with Crippen LogP contribution >= 0.6 is 0 Å². The first-order chi connectivity index (χ1) is 10.8. The summed E-state index contributed by atoms with van der Waals surface area (Å²) in [6.07, 6.45) is 0.939. The second-order valence-electron chi connectivity index (χ2n) is 5.56. The van der Waals surface area contributed by atoms with Gasteiger partial charge in [-0.1, -0.05) is 12.1 Å². The summed E-state index contributed by atoms with van der Waals surface area (Å²) < 4.78 is 51.9. The number of hydrogen-bond acceptors (Lipinski definition) is 4. The van der Waals surface area contributed by atoms with Crippen molar-refractivity contribution in [3.8, 4) is 5.75 Å². The van der Waals surface area contributed by atoms with Crippen molar-refractivity contribution in [2.75, 3.05) is 5.75 Å². The number of halogens is 2. The molecule has 0 aromatic heterocycles. The highest BCUT2D eigenvalue weighted by Gasteiger charge is 2.37. The van der Waals surface area contributed by atoms with Crippen molar-refractivity contribution in [1.29, 1.82) is 0 Å². The SMILES string of the molecule is C[C@H]1[C@@H](NC(=O)CCc2cccc(OC(F)F)c2)CCS1(=O)=O. The lowest BCUT2D eigenvalue weighted by Crippen LogP contribution is -2.40. The maximum absolute atomic E-state index is 12.2. The summed E-state index contributed by atoms with van der Waals surface area (Å²) in [5.41, 5.74) is 0.699. The Morgan fingerprint density at radius 1 is 1.43 bits per heavy atom. The first kappa shape index (κ1) is 17.7. The highest BCUT2D eigenvalue weighted by molar-refractivity contribution is 7.92. The Labute approximate surface area is 133 Å². The standard InChI is InChI=1S/C15H19F2NO4S/c1-10-13(7-8-23(10,20)21)18-14(19)6-5-11-3-2-4-12(9-11)22-15(16)17/h2-4,9-10,13,15H,5-8H2,1H3,(H,18,19)/t10-,13-/m0/s1. The Kier molecular flexibility index (Phi) is 5.56. The van der Waals surface area contributed by atoms with Gasteiger partial charge in [0.1, 0.15) is 5.75 Å². The van der Waals surface area contributed by atoms with Gasteiger partial charge in [-0.2, -0.15) is 8.78 Å². The number of amides is 1. The van der Waals surface area contributed by atoms with E-state index in [1.807, 2.05) is 0 Å². The van der Waals surface area contributed by atoms with Gasteiger partial charge in [-0.25, -0.2) is 8.42 Å². The minimum Gasteiger partial charge on any atom is -0.435 e. The van der Waals surface area contributed by atoms with E-state index in [2.05, 4.69) is 10.1 Å². The van der Waals surface area contributed by atoms with Crippen LogP contribution in [0.1, 0.15) is 25.3 Å². The van der Waals surface area contributed by atoms with Gasteiger partial charge >= 0.3 is 6.61 Å². The van der Waals surface area contributed by atoms with Gasteiger partial charge < -0.3 is 10.1 Å². The van der Waals surface area contributed by atoms with E-state index in [9.17, 15) is 22.0 Å². The largest absolute Gasteiger partial charge is 0.435 e. The predicted octanol–water partition coefficient (Wildman–Crippen LogP) is 1.91. The molecule has 128 valence electrons. The number of carbonyl (C=O) groups is 1. The molecular weight excluding hydrogens is 328 g/mol. The number of ether oxygens (including phenoxy) is 1. The van der Waals surface area contributed by atoms with Crippen LogP contribution in [-0.4, -0.2) is 38.0 Å². The Morgan fingerprint density at radius 3 is 2.78 bits per heavy atom. The third kappa shape index (κ3) is 4.89. The Morgan fingerprint density at radius 2 is 2.17 bits per heavy atom. The van der Waals surface area contributed by atoms with Crippen LogP contribution in [0, 0.1) is 0 Å². The van der Waals surface area contributed by atoms with Crippen molar-refractivity contribution in [3.05, 3.63) is 29.8 Å². The zero-order chi connectivity index (χ0) is 17.0. The molecule has 2 rings (SSSR count). The molecule has 0 spiro atoms. The molecule has 1 aromatic rings. The average Bonchev–Trinajstić information content (AvgIpc) is 2.72. The van der Waals surface area contributed by atoms with Crippen molar-refractivity contribution < 1.29 is 26.7 Å². The van der Waals surface area contributed by atoms with Crippen LogP contribution < -0.4 is 10.1 Å². The number of sulfone groups is 1. The monoisotopic (exact) mass is 347 g/mol. The van der Waals surface area contributed by atoms with E-state index in [1.165, 1.54) is 12.1 Å². The van der Waals surface area contributed by atoms with Crippen molar-refractivity contribution >= 4 is 15.7 Å². The van der Waals surface area contributed by atoms with Crippen molar-refractivity contribution in [1.82, 2.24) is 5.32 Å². The van der Waals surface area contributed by atoms with Crippen LogP contribution in [0.2, 0.25) is 0 Å². The fraction of sp³-hybridized carbons (Fsp3) is 0.533. The van der Waals surface area contributed by atoms with E-state index >= 15 is 0 Å². The molecule has 1 heterocycles. The highest BCUT2D eigenvalue weighted by atomic mass is 32.2. The molecule has 0 saturated carbocycles. The zero-order valence-corrected chi connectivity index (χ0v) is 13.5. The van der Waals surface area contributed by atoms with Crippen molar-refractivity contribution in [2.24, 2.45) is 0 Å². The van der Waals surface area contributed by atoms with Crippen LogP contribution in [0.15, 0.2) is 24.3 Å². The minimum atomic E-state index is -3.11. The number of aryl methyl sites for hydroxylation is 1. The second-order valence-corrected chi connectivity index (χ2v) is 8.04. The van der Waals surface area contributed by atoms with Gasteiger partial charge in [0.05, 0.1) is 11.0 Å². The average molecular weight is 347 g/mol. The van der Waals surface area contributed by atoms with E-state index in [4.69, 9.17) is 0 Å². The van der Waals surface area contributed by atoms with Gasteiger partial charge in [0.25, 0.3) is 0 Å². The molecule has 1 aromatic carbocycles. The molecule has 0 unspecified atom stereocenters. The number of alkyl halides is 2. The van der Waals surface area contributed by atoms with Gasteiger partial charge in [0.15, 0.2) is 9.84 Å². The normalized spacial score (nSPS) is 23.0. The van der Waals surface area contributed by atoms with Gasteiger partial charge in [0.2, 0.25) is 5.91 Å². The lowest BCUT2D eigenvalue weighted by molar-refractivity contribution is -0.121. The fourth-order valence-corrected chi connectivity index (χ4v) is 4.22. The van der Waals surface area contributed by atoms with Crippen molar-refractivity contribution in [3.63, 3.8) is 0 Å². The first-order valence-electron chi connectivity index (χ1n) is 7.32. The summed E-state index contributed by atoms with van der Waals surface area (Å²) in [4.78, 5) is 11.9. The van der Waals surface area contributed by atoms with Crippen LogP contribution in [0.25, 0.3) is 0 Å². The third-order valence-electron chi connectivity index (χ3n) is 3.96. The number of rotatable bonds is 6. The van der Waals surface area contributed by atoms with Gasteiger partial charge in [-0.3, -0.25) is 4.79 Å². The van der Waals surface area contributed by atoms with Gasteiger partial charge in [0, 0.05) is 12.5 Å². The zero-order valence-electron chi connectivity index (χ0n) is 12.7. The summed E-state index contributed by atoms with van der Waals surface area (Å²) in [5, 5.41) is 2.16. The molecule has 1 N–H and O–H groups in total. The van der Waals surface area contributed by atoms with E-state index < -0.39 is 21.7 Å². The topological polar surface area (TPSA) is 72.5 Å². The number of nitrogens with one attached hydrogen (secondary N) is 1. The quantitative estimate of drug-likeness (QED) is 0.853. The van der Waals surface area contributed by atoms with Crippen LogP contribution in [0.4, 0.5) is 8.78 Å². The maximum Gasteiger partial charge on any atom is 0.387 e. The van der Waals surface area contributed by atoms with E-state index in [-0.39, 0.29) is 29.9 Å².